The molecular formula is C14H16N4OS2. The number of carbonyl (C=O) groups excluding carboxylic acids is 1. The van der Waals surface area contributed by atoms with Crippen molar-refractivity contribution in [1.82, 2.24) is 15.5 Å². The highest BCUT2D eigenvalue weighted by Crippen LogP contribution is 2.15. The quantitative estimate of drug-likeness (QED) is 0.851. The van der Waals surface area contributed by atoms with Crippen LogP contribution in [0.15, 0.2) is 18.2 Å². The van der Waals surface area contributed by atoms with Gasteiger partial charge in [0.05, 0.1) is 0 Å². The number of aromatic nitrogens is 2. The van der Waals surface area contributed by atoms with Gasteiger partial charge in [-0.05, 0) is 55.7 Å². The van der Waals surface area contributed by atoms with E-state index in [2.05, 4.69) is 20.8 Å². The van der Waals surface area contributed by atoms with E-state index in [0.29, 0.717) is 10.7 Å². The summed E-state index contributed by atoms with van der Waals surface area (Å²) in [4.78, 5) is 12.1. The second-order valence-electron chi connectivity index (χ2n) is 4.56. The molecule has 1 amide bonds. The number of carbonyl (C=O) groups is 1. The van der Waals surface area contributed by atoms with E-state index < -0.39 is 0 Å². The van der Waals surface area contributed by atoms with E-state index in [1.807, 2.05) is 32.9 Å². The third kappa shape index (κ3) is 4.05. The summed E-state index contributed by atoms with van der Waals surface area (Å²) in [5.74, 6) is -0.240. The second kappa shape index (κ2) is 6.73. The van der Waals surface area contributed by atoms with E-state index in [9.17, 15) is 4.79 Å². The van der Waals surface area contributed by atoms with Crippen molar-refractivity contribution in [2.45, 2.75) is 27.2 Å². The summed E-state index contributed by atoms with van der Waals surface area (Å²) in [7, 11) is 0. The fraction of sp³-hybridized carbons (Fsp3) is 0.286. The SMILES string of the molecule is CCc1nnc(NC(=S)NC(=O)c2ccc(C)c(C)c2)s1. The fourth-order valence-corrected chi connectivity index (χ4v) is 2.57. The predicted octanol–water partition coefficient (Wildman–Crippen LogP) is 2.84. The highest BCUT2D eigenvalue weighted by molar-refractivity contribution is 7.80. The molecule has 110 valence electrons. The summed E-state index contributed by atoms with van der Waals surface area (Å²) in [6, 6.07) is 5.53. The van der Waals surface area contributed by atoms with Crippen LogP contribution in [0.4, 0.5) is 5.13 Å². The van der Waals surface area contributed by atoms with E-state index in [-0.39, 0.29) is 11.0 Å². The van der Waals surface area contributed by atoms with Crippen LogP contribution in [0.5, 0.6) is 0 Å². The zero-order chi connectivity index (χ0) is 15.4. The van der Waals surface area contributed by atoms with E-state index in [1.165, 1.54) is 11.3 Å². The summed E-state index contributed by atoms with van der Waals surface area (Å²) in [6.45, 7) is 5.98. The maximum Gasteiger partial charge on any atom is 0.257 e. The van der Waals surface area contributed by atoms with Crippen molar-refractivity contribution < 1.29 is 4.79 Å². The normalized spacial score (nSPS) is 10.2. The van der Waals surface area contributed by atoms with Crippen molar-refractivity contribution in [3.8, 4) is 0 Å². The first kappa shape index (κ1) is 15.5. The van der Waals surface area contributed by atoms with Gasteiger partial charge in [0.1, 0.15) is 5.01 Å². The number of benzene rings is 1. The van der Waals surface area contributed by atoms with E-state index >= 15 is 0 Å². The number of anilines is 1. The number of amides is 1. The van der Waals surface area contributed by atoms with Crippen LogP contribution in [-0.4, -0.2) is 21.2 Å². The zero-order valence-electron chi connectivity index (χ0n) is 12.1. The third-order valence-electron chi connectivity index (χ3n) is 2.99. The molecule has 2 aromatic rings. The number of rotatable bonds is 3. The Balaban J connectivity index is 1.98. The van der Waals surface area contributed by atoms with Crippen LogP contribution >= 0.6 is 23.6 Å². The highest BCUT2D eigenvalue weighted by Gasteiger charge is 2.10. The third-order valence-corrected chi connectivity index (χ3v) is 4.17. The van der Waals surface area contributed by atoms with Gasteiger partial charge in [0.25, 0.3) is 5.91 Å². The van der Waals surface area contributed by atoms with Crippen molar-refractivity contribution >= 4 is 39.7 Å². The second-order valence-corrected chi connectivity index (χ2v) is 6.03. The van der Waals surface area contributed by atoms with Gasteiger partial charge in [-0.1, -0.05) is 24.3 Å². The summed E-state index contributed by atoms with van der Waals surface area (Å²) in [6.07, 6.45) is 0.821. The summed E-state index contributed by atoms with van der Waals surface area (Å²) < 4.78 is 0. The molecule has 1 aromatic carbocycles. The smallest absolute Gasteiger partial charge is 0.257 e. The minimum Gasteiger partial charge on any atom is -0.307 e. The lowest BCUT2D eigenvalue weighted by molar-refractivity contribution is 0.0977. The van der Waals surface area contributed by atoms with Gasteiger partial charge in [-0.3, -0.25) is 10.1 Å². The summed E-state index contributed by atoms with van der Waals surface area (Å²) in [5, 5.41) is 15.2. The molecule has 0 unspecified atom stereocenters. The van der Waals surface area contributed by atoms with Crippen molar-refractivity contribution in [3.63, 3.8) is 0 Å². The number of nitrogens with zero attached hydrogens (tertiary/aromatic N) is 2. The Kier molecular flexibility index (Phi) is 4.98. The molecule has 0 aliphatic rings. The average Bonchev–Trinajstić information content (AvgIpc) is 2.89. The molecule has 1 heterocycles. The highest BCUT2D eigenvalue weighted by atomic mass is 32.1. The summed E-state index contributed by atoms with van der Waals surface area (Å²) >= 11 is 6.53. The first-order chi connectivity index (χ1) is 9.99. The van der Waals surface area contributed by atoms with Gasteiger partial charge >= 0.3 is 0 Å². The average molecular weight is 320 g/mol. The Morgan fingerprint density at radius 3 is 2.67 bits per heavy atom. The Morgan fingerprint density at radius 2 is 2.05 bits per heavy atom. The predicted molar refractivity (Wildman–Crippen MR) is 88.9 cm³/mol. The molecule has 0 saturated heterocycles. The Morgan fingerprint density at radius 1 is 1.29 bits per heavy atom. The lowest BCUT2D eigenvalue weighted by Gasteiger charge is -2.08. The van der Waals surface area contributed by atoms with Gasteiger partial charge in [0, 0.05) is 5.56 Å². The number of hydrogen-bond acceptors (Lipinski definition) is 5. The van der Waals surface area contributed by atoms with E-state index in [1.54, 1.807) is 6.07 Å². The zero-order valence-corrected chi connectivity index (χ0v) is 13.7. The summed E-state index contributed by atoms with van der Waals surface area (Å²) in [5.41, 5.74) is 2.79. The molecule has 0 radical (unpaired) electrons. The monoisotopic (exact) mass is 320 g/mol. The maximum atomic E-state index is 12.1. The Bertz CT molecular complexity index is 681. The molecule has 0 aliphatic carbocycles. The van der Waals surface area contributed by atoms with Crippen molar-refractivity contribution in [3.05, 3.63) is 39.9 Å². The Labute approximate surface area is 132 Å². The van der Waals surface area contributed by atoms with Crippen LogP contribution in [0.2, 0.25) is 0 Å². The number of hydrogen-bond donors (Lipinski definition) is 2. The topological polar surface area (TPSA) is 66.9 Å². The number of nitrogens with one attached hydrogen (secondary N) is 2. The molecule has 7 heteroatoms. The minimum atomic E-state index is -0.240. The standard InChI is InChI=1S/C14H16N4OS2/c1-4-11-17-18-14(21-11)16-13(20)15-12(19)10-6-5-8(2)9(3)7-10/h5-7H,4H2,1-3H3,(H2,15,16,18,19,20). The van der Waals surface area contributed by atoms with Crippen LogP contribution in [0.25, 0.3) is 0 Å². The van der Waals surface area contributed by atoms with Crippen LogP contribution in [-0.2, 0) is 6.42 Å². The molecule has 0 saturated carbocycles. The van der Waals surface area contributed by atoms with Crippen LogP contribution in [0.3, 0.4) is 0 Å². The number of thiocarbonyl (C=S) groups is 1. The molecule has 2 rings (SSSR count). The molecule has 0 aliphatic heterocycles. The first-order valence-corrected chi connectivity index (χ1v) is 7.74. The van der Waals surface area contributed by atoms with Crippen molar-refractivity contribution in [1.29, 1.82) is 0 Å². The molecular weight excluding hydrogens is 304 g/mol. The van der Waals surface area contributed by atoms with Crippen LogP contribution in [0, 0.1) is 13.8 Å². The van der Waals surface area contributed by atoms with Gasteiger partial charge in [-0.25, -0.2) is 0 Å². The van der Waals surface area contributed by atoms with Gasteiger partial charge in [0.2, 0.25) is 5.13 Å². The van der Waals surface area contributed by atoms with Crippen molar-refractivity contribution in [2.24, 2.45) is 0 Å². The maximum absolute atomic E-state index is 12.1. The molecule has 0 fully saturated rings. The minimum absolute atomic E-state index is 0.219. The molecule has 5 nitrogen and oxygen atoms in total. The van der Waals surface area contributed by atoms with Crippen LogP contribution in [0.1, 0.15) is 33.4 Å². The molecule has 0 bridgehead atoms. The lowest BCUT2D eigenvalue weighted by atomic mass is 10.1. The fourth-order valence-electron chi connectivity index (χ4n) is 1.63. The van der Waals surface area contributed by atoms with Gasteiger partial charge in [0.15, 0.2) is 5.11 Å². The number of aryl methyl sites for hydroxylation is 3. The largest absolute Gasteiger partial charge is 0.307 e. The lowest BCUT2D eigenvalue weighted by Crippen LogP contribution is -2.34. The Hall–Kier alpha value is -1.86. The van der Waals surface area contributed by atoms with Crippen molar-refractivity contribution in [2.75, 3.05) is 5.32 Å². The first-order valence-electron chi connectivity index (χ1n) is 6.51. The molecule has 0 atom stereocenters. The van der Waals surface area contributed by atoms with Gasteiger partial charge in [-0.15, -0.1) is 10.2 Å². The van der Waals surface area contributed by atoms with Gasteiger partial charge in [-0.2, -0.15) is 0 Å². The van der Waals surface area contributed by atoms with E-state index in [0.717, 1.165) is 22.6 Å². The van der Waals surface area contributed by atoms with Gasteiger partial charge < -0.3 is 5.32 Å². The molecule has 21 heavy (non-hydrogen) atoms. The molecule has 1 aromatic heterocycles. The van der Waals surface area contributed by atoms with Crippen LogP contribution < -0.4 is 10.6 Å². The van der Waals surface area contributed by atoms with E-state index in [4.69, 9.17) is 12.2 Å². The molecule has 0 spiro atoms. The molecule has 2 N–H and O–H groups in total.